The van der Waals surface area contributed by atoms with Crippen molar-refractivity contribution in [2.75, 3.05) is 12.3 Å². The van der Waals surface area contributed by atoms with E-state index in [2.05, 4.69) is 14.8 Å². The fourth-order valence-electron chi connectivity index (χ4n) is 3.49. The summed E-state index contributed by atoms with van der Waals surface area (Å²) in [7, 11) is 0. The topological polar surface area (TPSA) is 111 Å². The summed E-state index contributed by atoms with van der Waals surface area (Å²) in [5, 5.41) is 9.40. The summed E-state index contributed by atoms with van der Waals surface area (Å²) < 4.78 is 2.14. The molecule has 29 heavy (non-hydrogen) atoms. The number of thioether (sulfide) groups is 1. The van der Waals surface area contributed by atoms with Gasteiger partial charge < -0.3 is 10.3 Å². The predicted molar refractivity (Wildman–Crippen MR) is 108 cm³/mol. The Kier molecular flexibility index (Phi) is 5.66. The number of benzene rings is 1. The van der Waals surface area contributed by atoms with Crippen molar-refractivity contribution in [2.45, 2.75) is 49.7 Å². The SMILES string of the molecule is NC(=O)CCc1nnc(SCCCCN2C(=O)c3ccccc3C2=O)n1C1CC1. The molecule has 4 rings (SSSR count). The molecule has 0 radical (unpaired) electrons. The molecule has 1 aliphatic heterocycles. The summed E-state index contributed by atoms with van der Waals surface area (Å²) in [5.74, 6) is 0.901. The molecular weight excluding hydrogens is 390 g/mol. The van der Waals surface area contributed by atoms with Gasteiger partial charge in [-0.15, -0.1) is 10.2 Å². The third-order valence-electron chi connectivity index (χ3n) is 5.13. The number of hydrogen-bond acceptors (Lipinski definition) is 6. The normalized spacial score (nSPS) is 15.8. The molecule has 0 saturated heterocycles. The van der Waals surface area contributed by atoms with E-state index in [0.29, 0.717) is 30.1 Å². The first-order valence-corrected chi connectivity index (χ1v) is 10.8. The molecule has 8 nitrogen and oxygen atoms in total. The number of carbonyl (C=O) groups excluding carboxylic acids is 3. The lowest BCUT2D eigenvalue weighted by atomic mass is 10.1. The van der Waals surface area contributed by atoms with E-state index in [1.54, 1.807) is 36.0 Å². The molecule has 1 saturated carbocycles. The van der Waals surface area contributed by atoms with Crippen molar-refractivity contribution in [3.05, 3.63) is 41.2 Å². The van der Waals surface area contributed by atoms with Crippen molar-refractivity contribution in [3.8, 4) is 0 Å². The second-order valence-electron chi connectivity index (χ2n) is 7.33. The number of amides is 3. The molecule has 3 amide bonds. The number of carbonyl (C=O) groups is 3. The second kappa shape index (κ2) is 8.36. The highest BCUT2D eigenvalue weighted by atomic mass is 32.2. The van der Waals surface area contributed by atoms with Crippen LogP contribution in [0.3, 0.4) is 0 Å². The third-order valence-corrected chi connectivity index (χ3v) is 6.16. The Balaban J connectivity index is 1.27. The maximum atomic E-state index is 12.4. The molecular formula is C20H23N5O3S. The highest BCUT2D eigenvalue weighted by Gasteiger charge is 2.34. The van der Waals surface area contributed by atoms with Crippen LogP contribution < -0.4 is 5.73 Å². The molecule has 1 aromatic heterocycles. The number of aryl methyl sites for hydroxylation is 1. The highest BCUT2D eigenvalue weighted by Crippen LogP contribution is 2.39. The Bertz CT molecular complexity index is 918. The van der Waals surface area contributed by atoms with Crippen LogP contribution in [0.1, 0.15) is 64.7 Å². The van der Waals surface area contributed by atoms with Gasteiger partial charge in [-0.05, 0) is 37.8 Å². The number of hydrogen-bond donors (Lipinski definition) is 1. The quantitative estimate of drug-likeness (QED) is 0.363. The Morgan fingerprint density at radius 3 is 2.41 bits per heavy atom. The van der Waals surface area contributed by atoms with Crippen LogP contribution in [-0.4, -0.2) is 49.7 Å². The van der Waals surface area contributed by atoms with Crippen LogP contribution in [0.4, 0.5) is 0 Å². The Morgan fingerprint density at radius 2 is 1.79 bits per heavy atom. The van der Waals surface area contributed by atoms with E-state index < -0.39 is 0 Å². The molecule has 1 fully saturated rings. The van der Waals surface area contributed by atoms with E-state index in [1.165, 1.54) is 4.90 Å². The van der Waals surface area contributed by atoms with Gasteiger partial charge in [0.15, 0.2) is 5.16 Å². The second-order valence-corrected chi connectivity index (χ2v) is 8.39. The molecule has 0 unspecified atom stereocenters. The summed E-state index contributed by atoms with van der Waals surface area (Å²) in [6, 6.07) is 7.38. The summed E-state index contributed by atoms with van der Waals surface area (Å²) >= 11 is 1.63. The highest BCUT2D eigenvalue weighted by molar-refractivity contribution is 7.99. The van der Waals surface area contributed by atoms with Crippen LogP contribution in [-0.2, 0) is 11.2 Å². The smallest absolute Gasteiger partial charge is 0.261 e. The summed E-state index contributed by atoms with van der Waals surface area (Å²) in [5.41, 5.74) is 6.24. The number of nitrogens with two attached hydrogens (primary N) is 1. The maximum Gasteiger partial charge on any atom is 0.261 e. The first-order valence-electron chi connectivity index (χ1n) is 9.86. The third kappa shape index (κ3) is 4.19. The molecule has 1 aromatic carbocycles. The van der Waals surface area contributed by atoms with Crippen LogP contribution in [0.15, 0.2) is 29.4 Å². The number of unbranched alkanes of at least 4 members (excludes halogenated alkanes) is 1. The van der Waals surface area contributed by atoms with Crippen LogP contribution >= 0.6 is 11.8 Å². The Hall–Kier alpha value is -2.68. The fourth-order valence-corrected chi connectivity index (χ4v) is 4.51. The van der Waals surface area contributed by atoms with Gasteiger partial charge in [0, 0.05) is 31.2 Å². The van der Waals surface area contributed by atoms with Crippen molar-refractivity contribution < 1.29 is 14.4 Å². The molecule has 152 valence electrons. The lowest BCUT2D eigenvalue weighted by molar-refractivity contribution is -0.118. The van der Waals surface area contributed by atoms with Crippen LogP contribution in [0.2, 0.25) is 0 Å². The van der Waals surface area contributed by atoms with Gasteiger partial charge in [0.1, 0.15) is 5.82 Å². The van der Waals surface area contributed by atoms with E-state index >= 15 is 0 Å². The summed E-state index contributed by atoms with van der Waals surface area (Å²) in [4.78, 5) is 37.1. The van der Waals surface area contributed by atoms with Gasteiger partial charge in [-0.1, -0.05) is 23.9 Å². The van der Waals surface area contributed by atoms with Crippen molar-refractivity contribution in [2.24, 2.45) is 5.73 Å². The number of imide groups is 1. The molecule has 1 aliphatic carbocycles. The van der Waals surface area contributed by atoms with Crippen molar-refractivity contribution in [3.63, 3.8) is 0 Å². The molecule has 2 aromatic rings. The number of aromatic nitrogens is 3. The average molecular weight is 414 g/mol. The van der Waals surface area contributed by atoms with Crippen molar-refractivity contribution >= 4 is 29.5 Å². The minimum atomic E-state index is -0.335. The Morgan fingerprint density at radius 1 is 1.10 bits per heavy atom. The zero-order chi connectivity index (χ0) is 20.4. The van der Waals surface area contributed by atoms with Gasteiger partial charge in [0.25, 0.3) is 11.8 Å². The van der Waals surface area contributed by atoms with Gasteiger partial charge >= 0.3 is 0 Å². The fraction of sp³-hybridized carbons (Fsp3) is 0.450. The summed E-state index contributed by atoms with van der Waals surface area (Å²) in [6.07, 6.45) is 4.59. The first-order chi connectivity index (χ1) is 14.1. The lowest BCUT2D eigenvalue weighted by Gasteiger charge is -2.13. The van der Waals surface area contributed by atoms with E-state index in [9.17, 15) is 14.4 Å². The molecule has 2 N–H and O–H groups in total. The standard InChI is InChI=1S/C20H23N5O3S/c21-16(26)9-10-17-22-23-20(25(17)13-7-8-13)29-12-4-3-11-24-18(27)14-5-1-2-6-15(14)19(24)28/h1-2,5-6,13H,3-4,7-12H2,(H2,21,26). The van der Waals surface area contributed by atoms with Gasteiger partial charge in [-0.2, -0.15) is 0 Å². The van der Waals surface area contributed by atoms with Gasteiger partial charge in [0.2, 0.25) is 5.91 Å². The minimum absolute atomic E-state index is 0.203. The minimum Gasteiger partial charge on any atom is -0.370 e. The molecule has 2 aliphatic rings. The van der Waals surface area contributed by atoms with Gasteiger partial charge in [-0.25, -0.2) is 0 Å². The zero-order valence-corrected chi connectivity index (χ0v) is 16.9. The van der Waals surface area contributed by atoms with E-state index in [-0.39, 0.29) is 24.1 Å². The van der Waals surface area contributed by atoms with Crippen LogP contribution in [0.5, 0.6) is 0 Å². The lowest BCUT2D eigenvalue weighted by Crippen LogP contribution is -2.30. The molecule has 2 heterocycles. The predicted octanol–water partition coefficient (Wildman–Crippen LogP) is 2.20. The van der Waals surface area contributed by atoms with Crippen molar-refractivity contribution in [1.82, 2.24) is 19.7 Å². The van der Waals surface area contributed by atoms with Gasteiger partial charge in [0.05, 0.1) is 11.1 Å². The average Bonchev–Trinajstić information content (AvgIpc) is 3.43. The largest absolute Gasteiger partial charge is 0.370 e. The Labute approximate surface area is 172 Å². The van der Waals surface area contributed by atoms with Crippen molar-refractivity contribution in [1.29, 1.82) is 0 Å². The zero-order valence-electron chi connectivity index (χ0n) is 16.0. The summed E-state index contributed by atoms with van der Waals surface area (Å²) in [6.45, 7) is 0.423. The van der Waals surface area contributed by atoms with Crippen LogP contribution in [0, 0.1) is 0 Å². The monoisotopic (exact) mass is 413 g/mol. The van der Waals surface area contributed by atoms with E-state index in [0.717, 1.165) is 42.4 Å². The number of nitrogens with zero attached hydrogens (tertiary/aromatic N) is 4. The number of rotatable bonds is 10. The van der Waals surface area contributed by atoms with Crippen LogP contribution in [0.25, 0.3) is 0 Å². The number of fused-ring (bicyclic) bond motifs is 1. The molecule has 0 bridgehead atoms. The number of primary amides is 1. The van der Waals surface area contributed by atoms with Gasteiger partial charge in [-0.3, -0.25) is 19.3 Å². The first kappa shape index (κ1) is 19.6. The molecule has 9 heteroatoms. The van der Waals surface area contributed by atoms with E-state index in [4.69, 9.17) is 5.73 Å². The molecule has 0 atom stereocenters. The molecule has 0 spiro atoms. The van der Waals surface area contributed by atoms with E-state index in [1.807, 2.05) is 0 Å². The maximum absolute atomic E-state index is 12.4.